The van der Waals surface area contributed by atoms with Crippen LogP contribution in [0.25, 0.3) is 10.9 Å². The van der Waals surface area contributed by atoms with Gasteiger partial charge in [0, 0.05) is 10.0 Å². The Bertz CT molecular complexity index is 933. The van der Waals surface area contributed by atoms with Crippen LogP contribution in [0.4, 0.5) is 0 Å². The molecule has 3 aromatic rings. The molecule has 5 nitrogen and oxygen atoms in total. The van der Waals surface area contributed by atoms with Gasteiger partial charge in [-0.2, -0.15) is 0 Å². The lowest BCUT2D eigenvalue weighted by Crippen LogP contribution is -2.26. The van der Waals surface area contributed by atoms with E-state index in [1.807, 2.05) is 0 Å². The Balaban J connectivity index is 1.83. The number of nitrogens with zero attached hydrogens (tertiary/aromatic N) is 2. The highest BCUT2D eigenvalue weighted by Gasteiger charge is 2.11. The van der Waals surface area contributed by atoms with E-state index >= 15 is 0 Å². The molecule has 3 rings (SSSR count). The van der Waals surface area contributed by atoms with Gasteiger partial charge in [-0.1, -0.05) is 35.3 Å². The Morgan fingerprint density at radius 1 is 1.13 bits per heavy atom. The molecule has 0 aliphatic carbocycles. The van der Waals surface area contributed by atoms with Gasteiger partial charge in [0.05, 0.1) is 17.2 Å². The maximum absolute atomic E-state index is 12.3. The number of benzene rings is 2. The van der Waals surface area contributed by atoms with Gasteiger partial charge in [-0.3, -0.25) is 9.36 Å². The van der Waals surface area contributed by atoms with Crippen LogP contribution in [0.5, 0.6) is 5.75 Å². The molecule has 1 aromatic heterocycles. The second-order valence-electron chi connectivity index (χ2n) is 4.77. The van der Waals surface area contributed by atoms with E-state index in [2.05, 4.69) is 4.98 Å². The van der Waals surface area contributed by atoms with Crippen molar-refractivity contribution < 1.29 is 9.53 Å². The number of hydrogen-bond donors (Lipinski definition) is 0. The zero-order valence-electron chi connectivity index (χ0n) is 11.7. The average molecular weight is 349 g/mol. The molecular formula is C16H10Cl2N2O3. The molecule has 1 heterocycles. The van der Waals surface area contributed by atoms with Crippen molar-refractivity contribution in [2.24, 2.45) is 0 Å². The van der Waals surface area contributed by atoms with Crippen LogP contribution in [0, 0.1) is 0 Å². The molecule has 0 aliphatic rings. The van der Waals surface area contributed by atoms with Crippen molar-refractivity contribution in [2.45, 2.75) is 6.54 Å². The van der Waals surface area contributed by atoms with Gasteiger partial charge in [0.2, 0.25) is 0 Å². The normalized spacial score (nSPS) is 10.7. The topological polar surface area (TPSA) is 61.2 Å². The van der Waals surface area contributed by atoms with Gasteiger partial charge in [-0.05, 0) is 30.3 Å². The van der Waals surface area contributed by atoms with E-state index in [-0.39, 0.29) is 17.9 Å². The minimum atomic E-state index is -0.623. The smallest absolute Gasteiger partial charge is 0.331 e. The summed E-state index contributed by atoms with van der Waals surface area (Å²) in [6, 6.07) is 11.4. The summed E-state index contributed by atoms with van der Waals surface area (Å²) in [6.45, 7) is -0.263. The average Bonchev–Trinajstić information content (AvgIpc) is 2.49. The van der Waals surface area contributed by atoms with Gasteiger partial charge >= 0.3 is 5.97 Å². The van der Waals surface area contributed by atoms with Crippen LogP contribution in [-0.4, -0.2) is 15.5 Å². The summed E-state index contributed by atoms with van der Waals surface area (Å²) in [7, 11) is 0. The molecule has 0 aliphatic heterocycles. The van der Waals surface area contributed by atoms with Crippen molar-refractivity contribution in [3.8, 4) is 5.75 Å². The lowest BCUT2D eigenvalue weighted by Gasteiger charge is -2.08. The van der Waals surface area contributed by atoms with Crippen molar-refractivity contribution in [1.29, 1.82) is 0 Å². The van der Waals surface area contributed by atoms with Gasteiger partial charge in [0.25, 0.3) is 5.56 Å². The summed E-state index contributed by atoms with van der Waals surface area (Å²) >= 11 is 11.7. The van der Waals surface area contributed by atoms with Crippen molar-refractivity contribution in [2.75, 3.05) is 0 Å². The molecule has 23 heavy (non-hydrogen) atoms. The first-order chi connectivity index (χ1) is 11.0. The van der Waals surface area contributed by atoms with Gasteiger partial charge in [-0.15, -0.1) is 0 Å². The molecule has 7 heteroatoms. The number of esters is 1. The molecule has 0 amide bonds. The van der Waals surface area contributed by atoms with Crippen LogP contribution in [0.1, 0.15) is 0 Å². The Morgan fingerprint density at radius 3 is 2.57 bits per heavy atom. The van der Waals surface area contributed by atoms with Crippen molar-refractivity contribution in [3.05, 3.63) is 69.2 Å². The number of fused-ring (bicyclic) bond motifs is 1. The van der Waals surface area contributed by atoms with Crippen molar-refractivity contribution in [3.63, 3.8) is 0 Å². The first-order valence-corrected chi connectivity index (χ1v) is 7.39. The Kier molecular flexibility index (Phi) is 4.32. The largest absolute Gasteiger partial charge is 0.425 e. The molecule has 2 aromatic carbocycles. The first kappa shape index (κ1) is 15.5. The highest BCUT2D eigenvalue weighted by Crippen LogP contribution is 2.24. The number of hydrogen-bond acceptors (Lipinski definition) is 4. The van der Waals surface area contributed by atoms with Crippen LogP contribution in [0.2, 0.25) is 10.0 Å². The molecule has 0 unspecified atom stereocenters. The minimum Gasteiger partial charge on any atom is -0.425 e. The van der Waals surface area contributed by atoms with E-state index < -0.39 is 5.97 Å². The summed E-state index contributed by atoms with van der Waals surface area (Å²) in [5.74, 6) is -0.406. The predicted molar refractivity (Wildman–Crippen MR) is 88.1 cm³/mol. The SMILES string of the molecule is O=C(Cn1cnc2ccccc2c1=O)Oc1cc(Cl)cc(Cl)c1. The Hall–Kier alpha value is -2.37. The Morgan fingerprint density at radius 2 is 1.83 bits per heavy atom. The van der Waals surface area contributed by atoms with Crippen LogP contribution in [-0.2, 0) is 11.3 Å². The molecular weight excluding hydrogens is 339 g/mol. The number of ether oxygens (including phenoxy) is 1. The fraction of sp³-hybridized carbons (Fsp3) is 0.0625. The van der Waals surface area contributed by atoms with Gasteiger partial charge in [0.15, 0.2) is 0 Å². The molecule has 0 saturated carbocycles. The fourth-order valence-corrected chi connectivity index (χ4v) is 2.62. The number of halogens is 2. The number of carbonyl (C=O) groups excluding carboxylic acids is 1. The highest BCUT2D eigenvalue weighted by molar-refractivity contribution is 6.34. The summed E-state index contributed by atoms with van der Waals surface area (Å²) in [4.78, 5) is 28.4. The quantitative estimate of drug-likeness (QED) is 0.538. The first-order valence-electron chi connectivity index (χ1n) is 6.64. The van der Waals surface area contributed by atoms with E-state index in [1.54, 1.807) is 24.3 Å². The lowest BCUT2D eigenvalue weighted by atomic mass is 10.2. The maximum Gasteiger partial charge on any atom is 0.331 e. The third-order valence-electron chi connectivity index (χ3n) is 3.10. The van der Waals surface area contributed by atoms with Crippen LogP contribution in [0.3, 0.4) is 0 Å². The Labute approximate surface area is 141 Å². The van der Waals surface area contributed by atoms with Gasteiger partial charge < -0.3 is 4.74 Å². The standard InChI is InChI=1S/C16H10Cl2N2O3/c17-10-5-11(18)7-12(6-10)23-15(21)8-20-9-19-14-4-2-1-3-13(14)16(20)22/h1-7,9H,8H2. The summed E-state index contributed by atoms with van der Waals surface area (Å²) in [5, 5.41) is 1.14. The number of rotatable bonds is 3. The third-order valence-corrected chi connectivity index (χ3v) is 3.54. The van der Waals surface area contributed by atoms with Crippen LogP contribution < -0.4 is 10.3 Å². The summed E-state index contributed by atoms with van der Waals surface area (Å²) in [5.41, 5.74) is 0.264. The molecule has 0 N–H and O–H groups in total. The second kappa shape index (κ2) is 6.40. The monoisotopic (exact) mass is 348 g/mol. The van der Waals surface area contributed by atoms with E-state index in [4.69, 9.17) is 27.9 Å². The second-order valence-corrected chi connectivity index (χ2v) is 5.65. The molecule has 116 valence electrons. The molecule has 0 atom stereocenters. The third kappa shape index (κ3) is 3.52. The molecule has 0 bridgehead atoms. The number of para-hydroxylation sites is 1. The molecule has 0 spiro atoms. The molecule has 0 radical (unpaired) electrons. The minimum absolute atomic E-state index is 0.217. The predicted octanol–water partition coefficient (Wildman–Crippen LogP) is 3.31. The lowest BCUT2D eigenvalue weighted by molar-refractivity contribution is -0.135. The van der Waals surface area contributed by atoms with Crippen LogP contribution in [0.15, 0.2) is 53.6 Å². The van der Waals surface area contributed by atoms with Gasteiger partial charge in [-0.25, -0.2) is 9.78 Å². The number of carbonyl (C=O) groups is 1. The van der Waals surface area contributed by atoms with Gasteiger partial charge in [0.1, 0.15) is 12.3 Å². The van der Waals surface area contributed by atoms with Crippen molar-refractivity contribution in [1.82, 2.24) is 9.55 Å². The zero-order valence-corrected chi connectivity index (χ0v) is 13.2. The van der Waals surface area contributed by atoms with E-state index in [0.717, 1.165) is 0 Å². The highest BCUT2D eigenvalue weighted by atomic mass is 35.5. The zero-order chi connectivity index (χ0) is 16.4. The summed E-state index contributed by atoms with van der Waals surface area (Å²) < 4.78 is 6.34. The van der Waals surface area contributed by atoms with E-state index in [1.165, 1.54) is 29.1 Å². The molecule has 0 saturated heterocycles. The maximum atomic E-state index is 12.3. The van der Waals surface area contributed by atoms with Crippen LogP contribution >= 0.6 is 23.2 Å². The summed E-state index contributed by atoms with van der Waals surface area (Å²) in [6.07, 6.45) is 1.32. The van der Waals surface area contributed by atoms with Crippen molar-refractivity contribution >= 4 is 40.1 Å². The number of aromatic nitrogens is 2. The fourth-order valence-electron chi connectivity index (χ4n) is 2.11. The van der Waals surface area contributed by atoms with E-state index in [9.17, 15) is 9.59 Å². The molecule has 0 fully saturated rings. The van der Waals surface area contributed by atoms with E-state index in [0.29, 0.717) is 20.9 Å².